The highest BCUT2D eigenvalue weighted by molar-refractivity contribution is 5.89. The van der Waals surface area contributed by atoms with Crippen LogP contribution in [-0.4, -0.2) is 31.6 Å². The van der Waals surface area contributed by atoms with E-state index in [0.717, 1.165) is 25.1 Å². The second-order valence-electron chi connectivity index (χ2n) is 6.28. The molecule has 22 heavy (non-hydrogen) atoms. The van der Waals surface area contributed by atoms with Gasteiger partial charge in [-0.05, 0) is 55.9 Å². The van der Waals surface area contributed by atoms with Crippen LogP contribution < -0.4 is 10.6 Å². The molecular formula is C17H22N2O3. The molecule has 1 heterocycles. The van der Waals surface area contributed by atoms with Crippen LogP contribution in [0.5, 0.6) is 0 Å². The van der Waals surface area contributed by atoms with Gasteiger partial charge < -0.3 is 15.4 Å². The molecule has 1 aliphatic heterocycles. The number of rotatable bonds is 5. The lowest BCUT2D eigenvalue weighted by Crippen LogP contribution is -2.41. The third-order valence-electron chi connectivity index (χ3n) is 4.44. The van der Waals surface area contributed by atoms with Crippen molar-refractivity contribution in [3.8, 4) is 0 Å². The number of carbonyl (C=O) groups excluding carboxylic acids is 2. The van der Waals surface area contributed by atoms with E-state index in [1.807, 2.05) is 12.1 Å². The van der Waals surface area contributed by atoms with Crippen LogP contribution in [0, 0.1) is 11.8 Å². The summed E-state index contributed by atoms with van der Waals surface area (Å²) >= 11 is 0. The Morgan fingerprint density at radius 1 is 1.18 bits per heavy atom. The van der Waals surface area contributed by atoms with E-state index in [2.05, 4.69) is 4.90 Å². The zero-order valence-corrected chi connectivity index (χ0v) is 12.7. The van der Waals surface area contributed by atoms with Crippen LogP contribution in [0.4, 0.5) is 5.69 Å². The number of hydrogen-bond acceptors (Lipinski definition) is 4. The highest BCUT2D eigenvalue weighted by Crippen LogP contribution is 2.29. The molecule has 0 aromatic heterocycles. The van der Waals surface area contributed by atoms with Gasteiger partial charge in [-0.3, -0.25) is 4.79 Å². The molecule has 1 atom stereocenters. The van der Waals surface area contributed by atoms with Gasteiger partial charge in [0.2, 0.25) is 5.91 Å². The number of esters is 1. The van der Waals surface area contributed by atoms with Crippen molar-refractivity contribution < 1.29 is 14.3 Å². The maximum atomic E-state index is 11.9. The molecule has 2 fully saturated rings. The van der Waals surface area contributed by atoms with Gasteiger partial charge in [0.15, 0.2) is 0 Å². The van der Waals surface area contributed by atoms with E-state index in [0.29, 0.717) is 24.6 Å². The van der Waals surface area contributed by atoms with Crippen LogP contribution in [0.15, 0.2) is 24.3 Å². The molecule has 1 aromatic carbocycles. The van der Waals surface area contributed by atoms with Crippen molar-refractivity contribution in [2.24, 2.45) is 17.6 Å². The molecule has 1 aromatic rings. The van der Waals surface area contributed by atoms with Crippen molar-refractivity contribution in [3.05, 3.63) is 29.8 Å². The van der Waals surface area contributed by atoms with Crippen LogP contribution in [-0.2, 0) is 9.53 Å². The van der Waals surface area contributed by atoms with Gasteiger partial charge in [0.1, 0.15) is 0 Å². The number of primary amides is 1. The van der Waals surface area contributed by atoms with Gasteiger partial charge in [0.25, 0.3) is 0 Å². The molecule has 2 N–H and O–H groups in total. The molecule has 5 nitrogen and oxygen atoms in total. The van der Waals surface area contributed by atoms with Gasteiger partial charge in [-0.2, -0.15) is 0 Å². The third kappa shape index (κ3) is 3.59. The Balaban J connectivity index is 1.60. The molecule has 1 aliphatic carbocycles. The van der Waals surface area contributed by atoms with E-state index in [-0.39, 0.29) is 17.8 Å². The zero-order chi connectivity index (χ0) is 15.5. The summed E-state index contributed by atoms with van der Waals surface area (Å²) in [6.45, 7) is 2.10. The first-order valence-corrected chi connectivity index (χ1v) is 7.95. The van der Waals surface area contributed by atoms with Gasteiger partial charge in [-0.1, -0.05) is 0 Å². The Morgan fingerprint density at radius 2 is 1.91 bits per heavy atom. The fourth-order valence-corrected chi connectivity index (χ4v) is 2.81. The van der Waals surface area contributed by atoms with Gasteiger partial charge >= 0.3 is 5.97 Å². The molecule has 5 heteroatoms. The van der Waals surface area contributed by atoms with E-state index in [1.54, 1.807) is 12.1 Å². The average molecular weight is 302 g/mol. The fraction of sp³-hybridized carbons (Fsp3) is 0.529. The van der Waals surface area contributed by atoms with E-state index in [9.17, 15) is 9.59 Å². The lowest BCUT2D eigenvalue weighted by Gasteiger charge is -2.33. The number of nitrogens with two attached hydrogens (primary N) is 1. The molecule has 1 saturated carbocycles. The summed E-state index contributed by atoms with van der Waals surface area (Å²) in [6, 6.07) is 7.41. The standard InChI is InChI=1S/C17H22N2O3/c18-16(20)14-2-1-9-19(10-14)15-7-5-13(6-8-15)17(21)22-11-12-3-4-12/h5-8,12,14H,1-4,9-11H2,(H2,18,20). The van der Waals surface area contributed by atoms with Crippen molar-refractivity contribution in [3.63, 3.8) is 0 Å². The first-order chi connectivity index (χ1) is 10.6. The van der Waals surface area contributed by atoms with Crippen molar-refractivity contribution >= 4 is 17.6 Å². The molecule has 0 bridgehead atoms. The number of piperidine rings is 1. The molecule has 3 rings (SSSR count). The van der Waals surface area contributed by atoms with Crippen LogP contribution in [0.1, 0.15) is 36.0 Å². The normalized spacial score (nSPS) is 21.5. The van der Waals surface area contributed by atoms with Gasteiger partial charge in [0.05, 0.1) is 18.1 Å². The maximum Gasteiger partial charge on any atom is 0.338 e. The minimum absolute atomic E-state index is 0.0862. The van der Waals surface area contributed by atoms with E-state index in [1.165, 1.54) is 12.8 Å². The minimum atomic E-state index is -0.257. The number of carbonyl (C=O) groups is 2. The molecule has 1 saturated heterocycles. The van der Waals surface area contributed by atoms with Crippen LogP contribution in [0.2, 0.25) is 0 Å². The summed E-state index contributed by atoms with van der Waals surface area (Å²) in [5, 5.41) is 0. The first-order valence-electron chi connectivity index (χ1n) is 7.95. The molecular weight excluding hydrogens is 280 g/mol. The number of anilines is 1. The molecule has 0 radical (unpaired) electrons. The molecule has 1 unspecified atom stereocenters. The SMILES string of the molecule is NC(=O)C1CCCN(c2ccc(C(=O)OCC3CC3)cc2)C1. The highest BCUT2D eigenvalue weighted by Gasteiger charge is 2.25. The van der Waals surface area contributed by atoms with E-state index >= 15 is 0 Å². The van der Waals surface area contributed by atoms with E-state index < -0.39 is 0 Å². The number of benzene rings is 1. The summed E-state index contributed by atoms with van der Waals surface area (Å²) in [5.41, 5.74) is 7.00. The molecule has 2 aliphatic rings. The number of hydrogen-bond donors (Lipinski definition) is 1. The quantitative estimate of drug-likeness (QED) is 0.844. The lowest BCUT2D eigenvalue weighted by atomic mass is 9.97. The van der Waals surface area contributed by atoms with Gasteiger partial charge in [-0.25, -0.2) is 4.79 Å². The number of nitrogens with zero attached hydrogens (tertiary/aromatic N) is 1. The number of amides is 1. The summed E-state index contributed by atoms with van der Waals surface area (Å²) in [5.74, 6) is -0.00341. The summed E-state index contributed by atoms with van der Waals surface area (Å²) in [7, 11) is 0. The average Bonchev–Trinajstić information content (AvgIpc) is 3.37. The molecule has 118 valence electrons. The Kier molecular flexibility index (Phi) is 4.32. The van der Waals surface area contributed by atoms with Gasteiger partial charge in [0, 0.05) is 18.8 Å². The molecule has 0 spiro atoms. The Morgan fingerprint density at radius 3 is 2.55 bits per heavy atom. The minimum Gasteiger partial charge on any atom is -0.462 e. The monoisotopic (exact) mass is 302 g/mol. The Hall–Kier alpha value is -2.04. The van der Waals surface area contributed by atoms with Gasteiger partial charge in [-0.15, -0.1) is 0 Å². The van der Waals surface area contributed by atoms with Crippen LogP contribution >= 0.6 is 0 Å². The highest BCUT2D eigenvalue weighted by atomic mass is 16.5. The van der Waals surface area contributed by atoms with Crippen LogP contribution in [0.3, 0.4) is 0 Å². The predicted octanol–water partition coefficient (Wildman–Crippen LogP) is 1.96. The predicted molar refractivity (Wildman–Crippen MR) is 83.6 cm³/mol. The topological polar surface area (TPSA) is 72.6 Å². The zero-order valence-electron chi connectivity index (χ0n) is 12.7. The number of ether oxygens (including phenoxy) is 1. The Bertz CT molecular complexity index is 552. The first kappa shape index (κ1) is 14.9. The third-order valence-corrected chi connectivity index (χ3v) is 4.44. The fourth-order valence-electron chi connectivity index (χ4n) is 2.81. The van der Waals surface area contributed by atoms with Crippen molar-refractivity contribution in [2.45, 2.75) is 25.7 Å². The van der Waals surface area contributed by atoms with Crippen molar-refractivity contribution in [1.82, 2.24) is 0 Å². The summed E-state index contributed by atoms with van der Waals surface area (Å²) in [6.07, 6.45) is 4.15. The second-order valence-corrected chi connectivity index (χ2v) is 6.28. The Labute approximate surface area is 130 Å². The second kappa shape index (κ2) is 6.38. The lowest BCUT2D eigenvalue weighted by molar-refractivity contribution is -0.122. The molecule has 1 amide bonds. The summed E-state index contributed by atoms with van der Waals surface area (Å²) in [4.78, 5) is 25.4. The van der Waals surface area contributed by atoms with Crippen LogP contribution in [0.25, 0.3) is 0 Å². The van der Waals surface area contributed by atoms with E-state index in [4.69, 9.17) is 10.5 Å². The largest absolute Gasteiger partial charge is 0.462 e. The van der Waals surface area contributed by atoms with Crippen molar-refractivity contribution in [1.29, 1.82) is 0 Å². The summed E-state index contributed by atoms with van der Waals surface area (Å²) < 4.78 is 5.27. The van der Waals surface area contributed by atoms with Crippen molar-refractivity contribution in [2.75, 3.05) is 24.6 Å². The smallest absolute Gasteiger partial charge is 0.338 e. The maximum absolute atomic E-state index is 11.9.